The average Bonchev–Trinajstić information content (AvgIpc) is 3.59. The summed E-state index contributed by atoms with van der Waals surface area (Å²) >= 11 is 6.24. The van der Waals surface area contributed by atoms with Gasteiger partial charge >= 0.3 is 0 Å². The largest absolute Gasteiger partial charge is 0.387 e. The summed E-state index contributed by atoms with van der Waals surface area (Å²) in [4.78, 5) is 74.4. The van der Waals surface area contributed by atoms with Crippen LogP contribution in [0.5, 0.6) is 0 Å². The number of oxime groups is 1. The van der Waals surface area contributed by atoms with Crippen LogP contribution in [-0.4, -0.2) is 76.3 Å². The standard InChI is InChI=1S/C36H49ClN4O7/c1-20-11-23(12-21(2)47-20)13-26(42)16-27(35(3,4)5)34(46)41-19-36(17-29(40-48-36)24-7-6-8-25(37)15-24)18-30(41)33(45)39-28(14-22-9-10-22)31(43)32(38)44/h6-8,15,20-23,27-28,30H,9-14,16-19H2,1-5H3,(H2,38,44)(H,39,45)/t20-,21+,23?,27-,28+,30+,36-/m1/s1. The molecule has 1 saturated carbocycles. The number of ketones is 2. The summed E-state index contributed by atoms with van der Waals surface area (Å²) in [6.07, 6.45) is 4.68. The van der Waals surface area contributed by atoms with Gasteiger partial charge in [0.25, 0.3) is 5.91 Å². The van der Waals surface area contributed by atoms with Gasteiger partial charge in [-0.1, -0.05) is 62.5 Å². The van der Waals surface area contributed by atoms with Gasteiger partial charge in [-0.15, -0.1) is 0 Å². The minimum Gasteiger partial charge on any atom is -0.387 e. The minimum atomic E-state index is -1.12. The molecule has 1 aromatic carbocycles. The van der Waals surface area contributed by atoms with E-state index in [2.05, 4.69) is 10.5 Å². The lowest BCUT2D eigenvalue weighted by Crippen LogP contribution is -2.54. The van der Waals surface area contributed by atoms with Crippen molar-refractivity contribution in [1.29, 1.82) is 0 Å². The fourth-order valence-corrected chi connectivity index (χ4v) is 7.81. The van der Waals surface area contributed by atoms with E-state index in [1.54, 1.807) is 12.1 Å². The molecule has 0 aromatic heterocycles. The van der Waals surface area contributed by atoms with Gasteiger partial charge in [0.05, 0.1) is 30.5 Å². The number of hydrogen-bond donors (Lipinski definition) is 2. The Balaban J connectivity index is 1.39. The Morgan fingerprint density at radius 3 is 2.40 bits per heavy atom. The summed E-state index contributed by atoms with van der Waals surface area (Å²) in [5.74, 6) is -3.18. The molecule has 3 N–H and O–H groups in total. The van der Waals surface area contributed by atoms with E-state index in [9.17, 15) is 24.0 Å². The van der Waals surface area contributed by atoms with Gasteiger partial charge in [-0.05, 0) is 62.5 Å². The van der Waals surface area contributed by atoms with Crippen LogP contribution in [0.2, 0.25) is 5.02 Å². The number of rotatable bonds is 12. The number of nitrogens with two attached hydrogens (primary N) is 1. The van der Waals surface area contributed by atoms with Crippen LogP contribution in [0.3, 0.4) is 0 Å². The van der Waals surface area contributed by atoms with Crippen LogP contribution in [0, 0.1) is 23.2 Å². The van der Waals surface area contributed by atoms with E-state index in [1.807, 2.05) is 46.8 Å². The Bertz CT molecular complexity index is 1460. The number of nitrogens with one attached hydrogen (secondary N) is 1. The van der Waals surface area contributed by atoms with Crippen LogP contribution in [0.1, 0.15) is 98.0 Å². The number of likely N-dealkylation sites (tertiary alicyclic amines) is 1. The number of nitrogens with zero attached hydrogens (tertiary/aromatic N) is 2. The quantitative estimate of drug-likeness (QED) is 0.310. The number of halogens is 1. The molecular formula is C36H49ClN4O7. The second-order valence-electron chi connectivity index (χ2n) is 15.6. The number of primary amides is 1. The fraction of sp³-hybridized carbons (Fsp3) is 0.667. The first kappa shape index (κ1) is 36.0. The van der Waals surface area contributed by atoms with Gasteiger partial charge in [0.2, 0.25) is 17.6 Å². The molecular weight excluding hydrogens is 636 g/mol. The molecule has 3 fully saturated rings. The maximum absolute atomic E-state index is 14.6. The van der Waals surface area contributed by atoms with Crippen molar-refractivity contribution in [3.05, 3.63) is 34.9 Å². The highest BCUT2D eigenvalue weighted by Crippen LogP contribution is 2.42. The van der Waals surface area contributed by atoms with E-state index in [1.165, 1.54) is 4.90 Å². The summed E-state index contributed by atoms with van der Waals surface area (Å²) in [6.45, 7) is 9.86. The van der Waals surface area contributed by atoms with Gasteiger partial charge in [0.15, 0.2) is 5.60 Å². The molecule has 7 atom stereocenters. The molecule has 3 heterocycles. The van der Waals surface area contributed by atoms with Gasteiger partial charge in [-0.3, -0.25) is 24.0 Å². The number of carbonyl (C=O) groups excluding carboxylic acids is 5. The Hall–Kier alpha value is -3.31. The van der Waals surface area contributed by atoms with Crippen LogP contribution < -0.4 is 11.1 Å². The van der Waals surface area contributed by atoms with E-state index in [0.29, 0.717) is 30.0 Å². The van der Waals surface area contributed by atoms with Crippen LogP contribution in [0.25, 0.3) is 0 Å². The molecule has 5 rings (SSSR count). The van der Waals surface area contributed by atoms with Gasteiger partial charge in [0.1, 0.15) is 11.8 Å². The first-order valence-corrected chi connectivity index (χ1v) is 17.5. The summed E-state index contributed by atoms with van der Waals surface area (Å²) in [5, 5.41) is 7.66. The van der Waals surface area contributed by atoms with Crippen molar-refractivity contribution in [3.8, 4) is 0 Å². The predicted octanol–water partition coefficient (Wildman–Crippen LogP) is 4.36. The third kappa shape index (κ3) is 8.64. The topological polar surface area (TPSA) is 157 Å². The average molecular weight is 685 g/mol. The van der Waals surface area contributed by atoms with Crippen molar-refractivity contribution in [2.75, 3.05) is 6.54 Å². The van der Waals surface area contributed by atoms with Gasteiger partial charge < -0.3 is 25.5 Å². The maximum Gasteiger partial charge on any atom is 0.287 e. The van der Waals surface area contributed by atoms with E-state index < -0.39 is 46.6 Å². The summed E-state index contributed by atoms with van der Waals surface area (Å²) < 4.78 is 5.86. The van der Waals surface area contributed by atoms with E-state index in [-0.39, 0.29) is 55.1 Å². The number of amides is 3. The molecule has 1 spiro atoms. The van der Waals surface area contributed by atoms with Crippen LogP contribution in [0.4, 0.5) is 0 Å². The molecule has 11 nitrogen and oxygen atoms in total. The number of carbonyl (C=O) groups is 5. The number of hydrogen-bond acceptors (Lipinski definition) is 8. The Labute approximate surface area is 287 Å². The first-order valence-electron chi connectivity index (χ1n) is 17.2. The highest BCUT2D eigenvalue weighted by Gasteiger charge is 2.55. The molecule has 0 bridgehead atoms. The van der Waals surface area contributed by atoms with Gasteiger partial charge in [-0.2, -0.15) is 0 Å². The Kier molecular flexibility index (Phi) is 10.7. The molecule has 48 heavy (non-hydrogen) atoms. The van der Waals surface area contributed by atoms with Crippen molar-refractivity contribution in [2.24, 2.45) is 34.1 Å². The van der Waals surface area contributed by atoms with Crippen LogP contribution in [0.15, 0.2) is 29.4 Å². The van der Waals surface area contributed by atoms with E-state index >= 15 is 0 Å². The van der Waals surface area contributed by atoms with E-state index in [4.69, 9.17) is 26.9 Å². The molecule has 0 radical (unpaired) electrons. The van der Waals surface area contributed by atoms with Crippen molar-refractivity contribution < 1.29 is 33.5 Å². The summed E-state index contributed by atoms with van der Waals surface area (Å²) in [5.41, 5.74) is 5.15. The molecule has 2 saturated heterocycles. The molecule has 1 aromatic rings. The zero-order valence-corrected chi connectivity index (χ0v) is 29.4. The molecule has 3 aliphatic heterocycles. The second kappa shape index (κ2) is 14.3. The van der Waals surface area contributed by atoms with Gasteiger partial charge in [0, 0.05) is 42.2 Å². The van der Waals surface area contributed by atoms with Crippen molar-refractivity contribution >= 4 is 46.6 Å². The number of ether oxygens (including phenoxy) is 1. The predicted molar refractivity (Wildman–Crippen MR) is 180 cm³/mol. The summed E-state index contributed by atoms with van der Waals surface area (Å²) in [7, 11) is 0. The summed E-state index contributed by atoms with van der Waals surface area (Å²) in [6, 6.07) is 5.12. The lowest BCUT2D eigenvalue weighted by Gasteiger charge is -2.36. The third-order valence-corrected chi connectivity index (χ3v) is 10.4. The monoisotopic (exact) mass is 684 g/mol. The Morgan fingerprint density at radius 1 is 1.10 bits per heavy atom. The SMILES string of the molecule is C[C@@H]1CC(CC(=O)C[C@H](C(=O)N2C[C@@]3(CC(c4cccc(Cl)c4)=NO3)C[C@H]2C(=O)N[C@@H](CC2CC2)C(=O)C(N)=O)C(C)(C)C)C[C@H](C)O1. The van der Waals surface area contributed by atoms with Crippen molar-refractivity contribution in [1.82, 2.24) is 10.2 Å². The zero-order valence-electron chi connectivity index (χ0n) is 28.6. The normalized spacial score (nSPS) is 28.4. The number of Topliss-reactive ketones (excluding diaryl/α,β-unsaturated/α-hetero) is 2. The lowest BCUT2D eigenvalue weighted by atomic mass is 9.75. The molecule has 4 aliphatic rings. The lowest BCUT2D eigenvalue weighted by molar-refractivity contribution is -0.147. The highest BCUT2D eigenvalue weighted by molar-refractivity contribution is 6.37. The molecule has 1 aliphatic carbocycles. The highest BCUT2D eigenvalue weighted by atomic mass is 35.5. The van der Waals surface area contributed by atoms with E-state index in [0.717, 1.165) is 31.2 Å². The smallest absolute Gasteiger partial charge is 0.287 e. The fourth-order valence-electron chi connectivity index (χ4n) is 7.62. The first-order chi connectivity index (χ1) is 22.5. The third-order valence-electron chi connectivity index (χ3n) is 10.2. The maximum atomic E-state index is 14.6. The van der Waals surface area contributed by atoms with Crippen LogP contribution in [-0.2, 0) is 33.5 Å². The van der Waals surface area contributed by atoms with Crippen molar-refractivity contribution in [2.45, 2.75) is 122 Å². The molecule has 1 unspecified atom stereocenters. The molecule has 12 heteroatoms. The van der Waals surface area contributed by atoms with Crippen molar-refractivity contribution in [3.63, 3.8) is 0 Å². The second-order valence-corrected chi connectivity index (χ2v) is 16.1. The Morgan fingerprint density at radius 2 is 1.79 bits per heavy atom. The molecule has 3 amide bonds. The van der Waals surface area contributed by atoms with Crippen LogP contribution >= 0.6 is 11.6 Å². The molecule has 262 valence electrons. The minimum absolute atomic E-state index is 0.00438. The zero-order chi connectivity index (χ0) is 35.0. The number of benzene rings is 1. The van der Waals surface area contributed by atoms with Gasteiger partial charge in [-0.25, -0.2) is 0 Å².